The van der Waals surface area contributed by atoms with Gasteiger partial charge in [0.25, 0.3) is 0 Å². The second kappa shape index (κ2) is 4.75. The number of likely N-dealkylation sites (N-methyl/N-ethyl adjacent to an activating group) is 2. The number of hydrogen-bond donors (Lipinski definition) is 0. The number of carbonyl (C=O) groups excluding carboxylic acids is 1. The summed E-state index contributed by atoms with van der Waals surface area (Å²) in [4.78, 5) is 14.5. The van der Waals surface area contributed by atoms with Gasteiger partial charge in [0.1, 0.15) is 0 Å². The Morgan fingerprint density at radius 3 is 2.36 bits per heavy atom. The molecule has 0 saturated carbocycles. The van der Waals surface area contributed by atoms with Gasteiger partial charge in [-0.3, -0.25) is 4.79 Å². The minimum Gasteiger partial charge on any atom is -0.334 e. The number of amides is 1. The molecule has 0 aliphatic carbocycles. The first kappa shape index (κ1) is 9.99. The largest absolute Gasteiger partial charge is 0.334 e. The molecule has 0 spiro atoms. The van der Waals surface area contributed by atoms with Crippen LogP contribution in [0.4, 0.5) is 0 Å². The van der Waals surface area contributed by atoms with Gasteiger partial charge in [-0.2, -0.15) is 0 Å². The molecule has 0 aliphatic rings. The van der Waals surface area contributed by atoms with Gasteiger partial charge >= 0.3 is 0 Å². The summed E-state index contributed by atoms with van der Waals surface area (Å²) in [7, 11) is 5.40. The minimum atomic E-state index is 0.0490. The monoisotopic (exact) mass is 154 g/mol. The Labute approximate surface area is 68.0 Å². The van der Waals surface area contributed by atoms with E-state index in [-0.39, 0.29) is 5.91 Å². The van der Waals surface area contributed by atoms with E-state index >= 15 is 0 Å². The van der Waals surface area contributed by atoms with E-state index < -0.39 is 0 Å². The van der Waals surface area contributed by atoms with Crippen molar-refractivity contribution in [1.82, 2.24) is 9.80 Å². The highest BCUT2D eigenvalue weighted by Crippen LogP contribution is 1.84. The maximum absolute atomic E-state index is 11.1. The minimum absolute atomic E-state index is 0.0490. The average Bonchev–Trinajstić information content (AvgIpc) is 1.86. The molecule has 0 aliphatic heterocycles. The summed E-state index contributed by atoms with van der Waals surface area (Å²) in [5.74, 6) is 2.46. The number of terminal acetylenes is 1. The lowest BCUT2D eigenvalue weighted by atomic mass is 10.4. The molecule has 0 rings (SSSR count). The zero-order chi connectivity index (χ0) is 8.85. The van der Waals surface area contributed by atoms with Gasteiger partial charge < -0.3 is 9.80 Å². The molecule has 0 heterocycles. The average molecular weight is 154 g/mol. The fourth-order valence-corrected chi connectivity index (χ4v) is 0.616. The summed E-state index contributed by atoms with van der Waals surface area (Å²) in [5.41, 5.74) is 0. The highest BCUT2D eigenvalue weighted by Gasteiger charge is 2.06. The predicted molar refractivity (Wildman–Crippen MR) is 45.0 cm³/mol. The van der Waals surface area contributed by atoms with E-state index in [0.717, 1.165) is 0 Å². The molecule has 0 atom stereocenters. The first-order valence-corrected chi connectivity index (χ1v) is 3.40. The van der Waals surface area contributed by atoms with Crippen LogP contribution in [0.3, 0.4) is 0 Å². The van der Waals surface area contributed by atoms with Crippen LogP contribution in [0.5, 0.6) is 0 Å². The van der Waals surface area contributed by atoms with Crippen LogP contribution in [0.25, 0.3) is 0 Å². The van der Waals surface area contributed by atoms with Crippen LogP contribution in [-0.2, 0) is 4.79 Å². The van der Waals surface area contributed by atoms with Crippen LogP contribution in [0.1, 0.15) is 0 Å². The molecule has 62 valence electrons. The van der Waals surface area contributed by atoms with E-state index in [2.05, 4.69) is 5.92 Å². The van der Waals surface area contributed by atoms with Gasteiger partial charge in [-0.1, -0.05) is 5.92 Å². The van der Waals surface area contributed by atoms with Gasteiger partial charge in [-0.15, -0.1) is 6.42 Å². The molecular weight excluding hydrogens is 140 g/mol. The Bertz CT molecular complexity index is 169. The third-order valence-corrected chi connectivity index (χ3v) is 1.21. The highest BCUT2D eigenvalue weighted by molar-refractivity contribution is 5.78. The summed E-state index contributed by atoms with van der Waals surface area (Å²) in [6.07, 6.45) is 5.04. The molecule has 3 heteroatoms. The smallest absolute Gasteiger partial charge is 0.237 e. The van der Waals surface area contributed by atoms with Crippen molar-refractivity contribution in [3.8, 4) is 12.3 Å². The van der Waals surface area contributed by atoms with Gasteiger partial charge in [0.15, 0.2) is 0 Å². The third kappa shape index (κ3) is 4.40. The maximum atomic E-state index is 11.1. The molecule has 0 aromatic carbocycles. The molecule has 11 heavy (non-hydrogen) atoms. The predicted octanol–water partition coefficient (Wildman–Crippen LogP) is -0.360. The lowest BCUT2D eigenvalue weighted by Crippen LogP contribution is -2.35. The standard InChI is InChI=1S/C8H14N2O/c1-5-6-10(4)8(11)7-9(2)3/h1H,6-7H2,2-4H3. The van der Waals surface area contributed by atoms with E-state index in [4.69, 9.17) is 6.42 Å². The van der Waals surface area contributed by atoms with Crippen molar-refractivity contribution in [2.75, 3.05) is 34.2 Å². The van der Waals surface area contributed by atoms with Crippen LogP contribution in [0.15, 0.2) is 0 Å². The molecule has 0 aromatic rings. The number of carbonyl (C=O) groups is 1. The Morgan fingerprint density at radius 1 is 1.45 bits per heavy atom. The van der Waals surface area contributed by atoms with Crippen molar-refractivity contribution in [2.24, 2.45) is 0 Å². The normalized spacial score (nSPS) is 9.36. The van der Waals surface area contributed by atoms with Crippen LogP contribution < -0.4 is 0 Å². The lowest BCUT2D eigenvalue weighted by molar-refractivity contribution is -0.129. The first-order chi connectivity index (χ1) is 5.07. The molecule has 3 nitrogen and oxygen atoms in total. The highest BCUT2D eigenvalue weighted by atomic mass is 16.2. The van der Waals surface area contributed by atoms with Crippen LogP contribution >= 0.6 is 0 Å². The molecule has 0 unspecified atom stereocenters. The topological polar surface area (TPSA) is 23.6 Å². The second-order valence-electron chi connectivity index (χ2n) is 2.69. The zero-order valence-corrected chi connectivity index (χ0v) is 7.29. The number of nitrogens with zero attached hydrogens (tertiary/aromatic N) is 2. The van der Waals surface area contributed by atoms with Gasteiger partial charge in [0, 0.05) is 7.05 Å². The van der Waals surface area contributed by atoms with Crippen molar-refractivity contribution >= 4 is 5.91 Å². The zero-order valence-electron chi connectivity index (χ0n) is 7.29. The van der Waals surface area contributed by atoms with E-state index in [1.54, 1.807) is 7.05 Å². The van der Waals surface area contributed by atoms with Crippen molar-refractivity contribution in [2.45, 2.75) is 0 Å². The fourth-order valence-electron chi connectivity index (χ4n) is 0.616. The van der Waals surface area contributed by atoms with Crippen LogP contribution in [0.2, 0.25) is 0 Å². The molecule has 0 saturated heterocycles. The summed E-state index contributed by atoms with van der Waals surface area (Å²) >= 11 is 0. The Balaban J connectivity index is 3.75. The second-order valence-corrected chi connectivity index (χ2v) is 2.69. The SMILES string of the molecule is C#CCN(C)C(=O)CN(C)C. The van der Waals surface area contributed by atoms with Gasteiger partial charge in [0.2, 0.25) is 5.91 Å². The van der Waals surface area contributed by atoms with Crippen LogP contribution in [0, 0.1) is 12.3 Å². The van der Waals surface area contributed by atoms with E-state index in [0.29, 0.717) is 13.1 Å². The summed E-state index contributed by atoms with van der Waals surface area (Å²) in [5, 5.41) is 0. The van der Waals surface area contributed by atoms with Crippen molar-refractivity contribution < 1.29 is 4.79 Å². The van der Waals surface area contributed by atoms with Crippen LogP contribution in [-0.4, -0.2) is 49.9 Å². The van der Waals surface area contributed by atoms with Crippen molar-refractivity contribution in [3.05, 3.63) is 0 Å². The van der Waals surface area contributed by atoms with Gasteiger partial charge in [0.05, 0.1) is 13.1 Å². The molecule has 0 bridgehead atoms. The van der Waals surface area contributed by atoms with Gasteiger partial charge in [-0.25, -0.2) is 0 Å². The fraction of sp³-hybridized carbons (Fsp3) is 0.625. The summed E-state index contributed by atoms with van der Waals surface area (Å²) < 4.78 is 0. The molecule has 1 amide bonds. The maximum Gasteiger partial charge on any atom is 0.237 e. The molecule has 0 N–H and O–H groups in total. The Kier molecular flexibility index (Phi) is 4.32. The summed E-state index contributed by atoms with van der Waals surface area (Å²) in [6, 6.07) is 0. The van der Waals surface area contributed by atoms with E-state index in [1.807, 2.05) is 19.0 Å². The van der Waals surface area contributed by atoms with E-state index in [1.165, 1.54) is 4.90 Å². The molecular formula is C8H14N2O. The first-order valence-electron chi connectivity index (χ1n) is 3.40. The van der Waals surface area contributed by atoms with Gasteiger partial charge in [-0.05, 0) is 14.1 Å². The summed E-state index contributed by atoms with van der Waals surface area (Å²) in [6.45, 7) is 0.796. The Hall–Kier alpha value is -1.01. The Morgan fingerprint density at radius 2 is 2.00 bits per heavy atom. The molecule has 0 aromatic heterocycles. The molecule has 0 fully saturated rings. The lowest BCUT2D eigenvalue weighted by Gasteiger charge is -2.16. The third-order valence-electron chi connectivity index (χ3n) is 1.21. The quantitative estimate of drug-likeness (QED) is 0.518. The molecule has 0 radical (unpaired) electrons. The number of hydrogen-bond acceptors (Lipinski definition) is 2. The number of rotatable bonds is 3. The van der Waals surface area contributed by atoms with E-state index in [9.17, 15) is 4.79 Å². The van der Waals surface area contributed by atoms with Crippen molar-refractivity contribution in [3.63, 3.8) is 0 Å². The van der Waals surface area contributed by atoms with Crippen molar-refractivity contribution in [1.29, 1.82) is 0 Å².